The van der Waals surface area contributed by atoms with Crippen molar-refractivity contribution in [2.45, 2.75) is 30.9 Å². The molecule has 2 N–H and O–H groups in total. The third kappa shape index (κ3) is 7.44. The van der Waals surface area contributed by atoms with Gasteiger partial charge in [0, 0.05) is 5.56 Å². The highest BCUT2D eigenvalue weighted by molar-refractivity contribution is 7.98. The average molecular weight is 512 g/mol. The molecule has 3 rings (SSSR count). The molecular weight excluding hydrogens is 482 g/mol. The lowest BCUT2D eigenvalue weighted by Crippen LogP contribution is -2.41. The Balaban J connectivity index is 1.95. The van der Waals surface area contributed by atoms with E-state index >= 15 is 0 Å². The molecule has 35 heavy (non-hydrogen) atoms. The van der Waals surface area contributed by atoms with Crippen LogP contribution in [0.15, 0.2) is 72.8 Å². The second-order valence-electron chi connectivity index (χ2n) is 8.36. The van der Waals surface area contributed by atoms with Gasteiger partial charge in [0.15, 0.2) is 9.84 Å². The summed E-state index contributed by atoms with van der Waals surface area (Å²) in [6.45, 7) is 1.91. The number of carbonyl (C=O) groups excluding carboxylic acids is 1. The summed E-state index contributed by atoms with van der Waals surface area (Å²) in [5.41, 5.74) is 3.86. The van der Waals surface area contributed by atoms with E-state index in [0.29, 0.717) is 34.4 Å². The van der Waals surface area contributed by atoms with Crippen molar-refractivity contribution < 1.29 is 23.1 Å². The minimum atomic E-state index is -3.45. The Morgan fingerprint density at radius 2 is 1.57 bits per heavy atom. The van der Waals surface area contributed by atoms with E-state index < -0.39 is 27.8 Å². The lowest BCUT2D eigenvalue weighted by Gasteiger charge is -2.18. The standard InChI is InChI=1S/C27H29NO5S2/c1-19-8-6-7-11-22(19)24-16-21(18-35(32,33)17-20-9-4-3-5-10-20)12-13-23(24)26(29)28-25(27(30)31)14-15-34-2/h3-13,16,25H,14-15,17-18H2,1-2H3,(H,28,29)(H,30,31)/t25-/m0/s1. The topological polar surface area (TPSA) is 101 Å². The minimum Gasteiger partial charge on any atom is -0.480 e. The molecule has 0 unspecified atom stereocenters. The van der Waals surface area contributed by atoms with Crippen LogP contribution >= 0.6 is 11.8 Å². The first-order chi connectivity index (χ1) is 16.7. The molecule has 3 aromatic carbocycles. The molecule has 0 bridgehead atoms. The number of amides is 1. The maximum absolute atomic E-state index is 13.2. The SMILES string of the molecule is CSCC[C@H](NC(=O)c1ccc(CS(=O)(=O)Cc2ccccc2)cc1-c1ccccc1C)C(=O)O. The largest absolute Gasteiger partial charge is 0.480 e. The van der Waals surface area contributed by atoms with E-state index in [2.05, 4.69) is 5.32 Å². The highest BCUT2D eigenvalue weighted by Crippen LogP contribution is 2.29. The van der Waals surface area contributed by atoms with Crippen LogP contribution in [0.25, 0.3) is 11.1 Å². The van der Waals surface area contributed by atoms with Gasteiger partial charge in [-0.3, -0.25) is 4.79 Å². The number of aryl methyl sites for hydroxylation is 1. The first-order valence-corrected chi connectivity index (χ1v) is 14.4. The van der Waals surface area contributed by atoms with Gasteiger partial charge < -0.3 is 10.4 Å². The van der Waals surface area contributed by atoms with E-state index in [0.717, 1.165) is 11.1 Å². The second-order valence-corrected chi connectivity index (χ2v) is 11.4. The van der Waals surface area contributed by atoms with Gasteiger partial charge in [-0.2, -0.15) is 11.8 Å². The maximum atomic E-state index is 13.2. The zero-order valence-corrected chi connectivity index (χ0v) is 21.4. The summed E-state index contributed by atoms with van der Waals surface area (Å²) >= 11 is 1.51. The molecule has 0 aliphatic carbocycles. The summed E-state index contributed by atoms with van der Waals surface area (Å²) in [7, 11) is -3.45. The fourth-order valence-electron chi connectivity index (χ4n) is 3.84. The highest BCUT2D eigenvalue weighted by atomic mass is 32.2. The predicted octanol–water partition coefficient (Wildman–Crippen LogP) is 4.71. The Kier molecular flexibility index (Phi) is 9.12. The van der Waals surface area contributed by atoms with Crippen molar-refractivity contribution in [1.29, 1.82) is 0 Å². The molecule has 6 nitrogen and oxygen atoms in total. The van der Waals surface area contributed by atoms with Gasteiger partial charge in [-0.25, -0.2) is 13.2 Å². The Hall–Kier alpha value is -3.10. The molecule has 0 aliphatic rings. The van der Waals surface area contributed by atoms with Crippen molar-refractivity contribution in [3.8, 4) is 11.1 Å². The molecule has 0 spiro atoms. The number of nitrogens with one attached hydrogen (secondary N) is 1. The zero-order valence-electron chi connectivity index (χ0n) is 19.7. The molecule has 0 saturated carbocycles. The van der Waals surface area contributed by atoms with Crippen molar-refractivity contribution in [2.24, 2.45) is 0 Å². The van der Waals surface area contributed by atoms with E-state index in [-0.39, 0.29) is 11.5 Å². The van der Waals surface area contributed by atoms with E-state index in [1.807, 2.05) is 43.5 Å². The number of carboxylic acids is 1. The summed E-state index contributed by atoms with van der Waals surface area (Å²) in [6, 6.07) is 20.4. The van der Waals surface area contributed by atoms with Gasteiger partial charge in [-0.05, 0) is 65.3 Å². The predicted molar refractivity (Wildman–Crippen MR) is 141 cm³/mol. The molecule has 0 saturated heterocycles. The number of carboxylic acid groups (broad SMARTS) is 1. The van der Waals surface area contributed by atoms with Gasteiger partial charge in [-0.15, -0.1) is 0 Å². The number of hydrogen-bond acceptors (Lipinski definition) is 5. The van der Waals surface area contributed by atoms with Crippen molar-refractivity contribution in [1.82, 2.24) is 5.32 Å². The molecule has 3 aromatic rings. The number of hydrogen-bond donors (Lipinski definition) is 2. The van der Waals surface area contributed by atoms with Crippen LogP contribution in [0.3, 0.4) is 0 Å². The van der Waals surface area contributed by atoms with Gasteiger partial charge in [-0.1, -0.05) is 60.7 Å². The number of sulfone groups is 1. The van der Waals surface area contributed by atoms with Crippen LogP contribution in [0.2, 0.25) is 0 Å². The first kappa shape index (κ1) is 26.5. The average Bonchev–Trinajstić information content (AvgIpc) is 2.81. The minimum absolute atomic E-state index is 0.0779. The molecule has 8 heteroatoms. The number of benzene rings is 3. The smallest absolute Gasteiger partial charge is 0.326 e. The molecule has 0 radical (unpaired) electrons. The third-order valence-corrected chi connectivity index (χ3v) is 7.78. The number of carbonyl (C=O) groups is 2. The van der Waals surface area contributed by atoms with Crippen LogP contribution in [-0.4, -0.2) is 43.5 Å². The molecule has 1 amide bonds. The van der Waals surface area contributed by atoms with Gasteiger partial charge in [0.25, 0.3) is 5.91 Å². The van der Waals surface area contributed by atoms with Crippen LogP contribution in [0, 0.1) is 6.92 Å². The van der Waals surface area contributed by atoms with Gasteiger partial charge in [0.2, 0.25) is 0 Å². The quantitative estimate of drug-likeness (QED) is 0.387. The van der Waals surface area contributed by atoms with E-state index in [1.165, 1.54) is 11.8 Å². The Morgan fingerprint density at radius 3 is 2.23 bits per heavy atom. The van der Waals surface area contributed by atoms with Crippen LogP contribution in [0.4, 0.5) is 0 Å². The van der Waals surface area contributed by atoms with Crippen LogP contribution in [-0.2, 0) is 26.1 Å². The maximum Gasteiger partial charge on any atom is 0.326 e. The molecular formula is C27H29NO5S2. The van der Waals surface area contributed by atoms with Crippen molar-refractivity contribution in [2.75, 3.05) is 12.0 Å². The van der Waals surface area contributed by atoms with E-state index in [9.17, 15) is 23.1 Å². The first-order valence-electron chi connectivity index (χ1n) is 11.2. The molecule has 0 aliphatic heterocycles. The summed E-state index contributed by atoms with van der Waals surface area (Å²) in [4.78, 5) is 24.8. The molecule has 0 fully saturated rings. The van der Waals surface area contributed by atoms with Crippen molar-refractivity contribution in [3.05, 3.63) is 95.1 Å². The lowest BCUT2D eigenvalue weighted by molar-refractivity contribution is -0.139. The fourth-order valence-corrected chi connectivity index (χ4v) is 5.80. The number of aliphatic carboxylic acids is 1. The normalized spacial score (nSPS) is 12.2. The third-order valence-electron chi connectivity index (χ3n) is 5.59. The Morgan fingerprint density at radius 1 is 0.914 bits per heavy atom. The molecule has 0 aromatic heterocycles. The van der Waals surface area contributed by atoms with Crippen LogP contribution < -0.4 is 5.32 Å². The Labute approximate surface area is 210 Å². The summed E-state index contributed by atoms with van der Waals surface area (Å²) in [5, 5.41) is 12.2. The number of rotatable bonds is 11. The fraction of sp³-hybridized carbons (Fsp3) is 0.259. The molecule has 0 heterocycles. The number of thioether (sulfide) groups is 1. The van der Waals surface area contributed by atoms with Crippen molar-refractivity contribution in [3.63, 3.8) is 0 Å². The van der Waals surface area contributed by atoms with Crippen LogP contribution in [0.5, 0.6) is 0 Å². The Bertz CT molecular complexity index is 1290. The van der Waals surface area contributed by atoms with E-state index in [4.69, 9.17) is 0 Å². The highest BCUT2D eigenvalue weighted by Gasteiger charge is 2.23. The second kappa shape index (κ2) is 12.0. The monoisotopic (exact) mass is 511 g/mol. The molecule has 184 valence electrons. The van der Waals surface area contributed by atoms with Crippen molar-refractivity contribution >= 4 is 33.5 Å². The van der Waals surface area contributed by atoms with Crippen LogP contribution in [0.1, 0.15) is 33.5 Å². The lowest BCUT2D eigenvalue weighted by atomic mass is 9.94. The van der Waals surface area contributed by atoms with Gasteiger partial charge in [0.05, 0.1) is 11.5 Å². The zero-order chi connectivity index (χ0) is 25.4. The summed E-state index contributed by atoms with van der Waals surface area (Å²) in [6.07, 6.45) is 2.18. The van der Waals surface area contributed by atoms with Gasteiger partial charge >= 0.3 is 5.97 Å². The van der Waals surface area contributed by atoms with Gasteiger partial charge in [0.1, 0.15) is 6.04 Å². The van der Waals surface area contributed by atoms with E-state index in [1.54, 1.807) is 42.5 Å². The molecule has 1 atom stereocenters. The summed E-state index contributed by atoms with van der Waals surface area (Å²) < 4.78 is 25.8. The summed E-state index contributed by atoms with van der Waals surface area (Å²) in [5.74, 6) is -1.25.